The van der Waals surface area contributed by atoms with Crippen molar-refractivity contribution >= 4 is 17.3 Å². The lowest BCUT2D eigenvalue weighted by Crippen LogP contribution is -2.21. The van der Waals surface area contributed by atoms with Gasteiger partial charge in [0.2, 0.25) is 0 Å². The van der Waals surface area contributed by atoms with E-state index in [1.165, 1.54) is 0 Å². The largest absolute Gasteiger partial charge is 0.506 e. The van der Waals surface area contributed by atoms with Gasteiger partial charge in [0.15, 0.2) is 0 Å². The van der Waals surface area contributed by atoms with E-state index in [0.29, 0.717) is 17.5 Å². The SMILES string of the molecule is CC(C)c1cc(Cl)c(O)c(CNNc2ccccc2)c1. The highest BCUT2D eigenvalue weighted by Crippen LogP contribution is 2.31. The molecule has 0 unspecified atom stereocenters. The Kier molecular flexibility index (Phi) is 4.88. The van der Waals surface area contributed by atoms with Crippen LogP contribution < -0.4 is 10.9 Å². The number of para-hydroxylation sites is 1. The Morgan fingerprint density at radius 2 is 1.85 bits per heavy atom. The van der Waals surface area contributed by atoms with Crippen LogP contribution in [0.25, 0.3) is 0 Å². The summed E-state index contributed by atoms with van der Waals surface area (Å²) >= 11 is 6.06. The van der Waals surface area contributed by atoms with Crippen LogP contribution in [-0.2, 0) is 6.54 Å². The third kappa shape index (κ3) is 3.65. The Balaban J connectivity index is 2.05. The fourth-order valence-electron chi connectivity index (χ4n) is 1.91. The minimum Gasteiger partial charge on any atom is -0.506 e. The molecule has 2 aromatic rings. The number of hydrogen-bond acceptors (Lipinski definition) is 3. The van der Waals surface area contributed by atoms with Crippen LogP contribution in [0.5, 0.6) is 5.75 Å². The molecule has 0 aliphatic rings. The average molecular weight is 291 g/mol. The minimum absolute atomic E-state index is 0.137. The third-order valence-electron chi connectivity index (χ3n) is 3.12. The van der Waals surface area contributed by atoms with Crippen LogP contribution in [0.4, 0.5) is 5.69 Å². The summed E-state index contributed by atoms with van der Waals surface area (Å²) in [6.45, 7) is 4.69. The molecule has 3 N–H and O–H groups in total. The molecule has 0 amide bonds. The van der Waals surface area contributed by atoms with Crippen molar-refractivity contribution in [3.8, 4) is 5.75 Å². The van der Waals surface area contributed by atoms with Gasteiger partial charge in [0.25, 0.3) is 0 Å². The van der Waals surface area contributed by atoms with Gasteiger partial charge in [-0.15, -0.1) is 0 Å². The molecule has 106 valence electrons. The number of rotatable bonds is 5. The molecule has 0 heterocycles. The molecular weight excluding hydrogens is 272 g/mol. The first-order valence-electron chi connectivity index (χ1n) is 6.63. The lowest BCUT2D eigenvalue weighted by atomic mass is 10.0. The molecule has 3 nitrogen and oxygen atoms in total. The van der Waals surface area contributed by atoms with Gasteiger partial charge in [-0.05, 0) is 29.7 Å². The molecular formula is C16H19ClN2O. The van der Waals surface area contributed by atoms with E-state index in [1.807, 2.05) is 42.5 Å². The predicted molar refractivity (Wildman–Crippen MR) is 84.1 cm³/mol. The summed E-state index contributed by atoms with van der Waals surface area (Å²) in [4.78, 5) is 0. The van der Waals surface area contributed by atoms with Crippen molar-refractivity contribution in [2.24, 2.45) is 0 Å². The number of nitrogens with one attached hydrogen (secondary N) is 2. The van der Waals surface area contributed by atoms with Crippen LogP contribution in [0.15, 0.2) is 42.5 Å². The molecule has 0 aromatic heterocycles. The number of anilines is 1. The van der Waals surface area contributed by atoms with Gasteiger partial charge >= 0.3 is 0 Å². The Bertz CT molecular complexity index is 570. The van der Waals surface area contributed by atoms with Gasteiger partial charge in [0, 0.05) is 17.8 Å². The zero-order valence-corrected chi connectivity index (χ0v) is 12.4. The van der Waals surface area contributed by atoms with Crippen LogP contribution in [0.1, 0.15) is 30.9 Å². The summed E-state index contributed by atoms with van der Waals surface area (Å²) in [6.07, 6.45) is 0. The summed E-state index contributed by atoms with van der Waals surface area (Å²) in [5.41, 5.74) is 9.04. The second kappa shape index (κ2) is 6.64. The van der Waals surface area contributed by atoms with Crippen molar-refractivity contribution in [3.05, 3.63) is 58.6 Å². The highest BCUT2D eigenvalue weighted by atomic mass is 35.5. The molecule has 0 spiro atoms. The summed E-state index contributed by atoms with van der Waals surface area (Å²) in [5, 5.41) is 10.4. The molecule has 2 rings (SSSR count). The van der Waals surface area contributed by atoms with Crippen LogP contribution in [0, 0.1) is 0 Å². The third-order valence-corrected chi connectivity index (χ3v) is 3.40. The van der Waals surface area contributed by atoms with Crippen molar-refractivity contribution in [1.82, 2.24) is 5.43 Å². The van der Waals surface area contributed by atoms with Crippen LogP contribution >= 0.6 is 11.6 Å². The lowest BCUT2D eigenvalue weighted by molar-refractivity contribution is 0.466. The first-order valence-corrected chi connectivity index (χ1v) is 7.01. The second-order valence-corrected chi connectivity index (χ2v) is 5.42. The van der Waals surface area contributed by atoms with Gasteiger partial charge in [0.05, 0.1) is 5.02 Å². The van der Waals surface area contributed by atoms with E-state index in [1.54, 1.807) is 0 Å². The average Bonchev–Trinajstić information content (AvgIpc) is 2.44. The molecule has 0 saturated heterocycles. The molecule has 0 aliphatic heterocycles. The fraction of sp³-hybridized carbons (Fsp3) is 0.250. The first kappa shape index (κ1) is 14.7. The Morgan fingerprint density at radius 3 is 2.50 bits per heavy atom. The van der Waals surface area contributed by atoms with Crippen LogP contribution in [0.3, 0.4) is 0 Å². The normalized spacial score (nSPS) is 10.8. The van der Waals surface area contributed by atoms with Crippen LogP contribution in [-0.4, -0.2) is 5.11 Å². The van der Waals surface area contributed by atoms with Crippen LogP contribution in [0.2, 0.25) is 5.02 Å². The summed E-state index contributed by atoms with van der Waals surface area (Å²) in [7, 11) is 0. The van der Waals surface area contributed by atoms with Crippen molar-refractivity contribution < 1.29 is 5.11 Å². The van der Waals surface area contributed by atoms with E-state index < -0.39 is 0 Å². The number of hydrogen-bond donors (Lipinski definition) is 3. The Hall–Kier alpha value is -1.71. The van der Waals surface area contributed by atoms with Crippen molar-refractivity contribution in [2.45, 2.75) is 26.3 Å². The fourth-order valence-corrected chi connectivity index (χ4v) is 2.16. The number of hydrazine groups is 1. The van der Waals surface area contributed by atoms with E-state index in [0.717, 1.165) is 16.8 Å². The second-order valence-electron chi connectivity index (χ2n) is 5.01. The number of phenols is 1. The van der Waals surface area contributed by atoms with E-state index in [-0.39, 0.29) is 5.75 Å². The first-order chi connectivity index (χ1) is 9.58. The summed E-state index contributed by atoms with van der Waals surface area (Å²) < 4.78 is 0. The van der Waals surface area contributed by atoms with Gasteiger partial charge in [-0.1, -0.05) is 49.7 Å². The number of phenolic OH excluding ortho intramolecular Hbond substituents is 1. The van der Waals surface area contributed by atoms with Gasteiger partial charge in [-0.2, -0.15) is 0 Å². The van der Waals surface area contributed by atoms with Gasteiger partial charge < -0.3 is 10.5 Å². The standard InChI is InChI=1S/C16H19ClN2O/c1-11(2)12-8-13(16(20)15(17)9-12)10-18-19-14-6-4-3-5-7-14/h3-9,11,18-20H,10H2,1-2H3. The summed E-state index contributed by atoms with van der Waals surface area (Å²) in [5.74, 6) is 0.507. The van der Waals surface area contributed by atoms with Crippen molar-refractivity contribution in [3.63, 3.8) is 0 Å². The van der Waals surface area contributed by atoms with E-state index >= 15 is 0 Å². The zero-order valence-electron chi connectivity index (χ0n) is 11.7. The highest BCUT2D eigenvalue weighted by Gasteiger charge is 2.10. The molecule has 0 aliphatic carbocycles. The molecule has 4 heteroatoms. The minimum atomic E-state index is 0.137. The molecule has 0 fully saturated rings. The molecule has 2 aromatic carbocycles. The van der Waals surface area contributed by atoms with E-state index in [9.17, 15) is 5.11 Å². The monoisotopic (exact) mass is 290 g/mol. The highest BCUT2D eigenvalue weighted by molar-refractivity contribution is 6.32. The molecule has 20 heavy (non-hydrogen) atoms. The zero-order chi connectivity index (χ0) is 14.5. The van der Waals surface area contributed by atoms with Gasteiger partial charge in [-0.25, -0.2) is 5.43 Å². The number of benzene rings is 2. The van der Waals surface area contributed by atoms with E-state index in [4.69, 9.17) is 11.6 Å². The van der Waals surface area contributed by atoms with E-state index in [2.05, 4.69) is 24.7 Å². The molecule has 0 atom stereocenters. The topological polar surface area (TPSA) is 44.3 Å². The van der Waals surface area contributed by atoms with Gasteiger partial charge in [0.1, 0.15) is 5.75 Å². The predicted octanol–water partition coefficient (Wildman–Crippen LogP) is 4.29. The summed E-state index contributed by atoms with van der Waals surface area (Å²) in [6, 6.07) is 13.6. The molecule has 0 saturated carbocycles. The maximum absolute atomic E-state index is 10.0. The Morgan fingerprint density at radius 1 is 1.15 bits per heavy atom. The Labute approximate surface area is 124 Å². The van der Waals surface area contributed by atoms with Gasteiger partial charge in [-0.3, -0.25) is 0 Å². The molecule has 0 radical (unpaired) electrons. The quantitative estimate of drug-likeness (QED) is 0.720. The van der Waals surface area contributed by atoms with Crippen molar-refractivity contribution in [1.29, 1.82) is 0 Å². The lowest BCUT2D eigenvalue weighted by Gasteiger charge is -2.13. The van der Waals surface area contributed by atoms with Crippen molar-refractivity contribution in [2.75, 3.05) is 5.43 Å². The molecule has 0 bridgehead atoms. The smallest absolute Gasteiger partial charge is 0.138 e. The maximum atomic E-state index is 10.0. The maximum Gasteiger partial charge on any atom is 0.138 e. The number of halogens is 1. The number of aromatic hydroxyl groups is 1.